The first kappa shape index (κ1) is 24.8. The lowest BCUT2D eigenvalue weighted by Gasteiger charge is -2.10. The first-order valence-electron chi connectivity index (χ1n) is 15.3. The Bertz CT molecular complexity index is 2740. The van der Waals surface area contributed by atoms with Crippen LogP contribution in [0.25, 0.3) is 91.9 Å². The van der Waals surface area contributed by atoms with Gasteiger partial charge in [-0.1, -0.05) is 97.1 Å². The first-order chi connectivity index (χ1) is 22.3. The number of rotatable bonds is 3. The highest BCUT2D eigenvalue weighted by Gasteiger charge is 2.18. The van der Waals surface area contributed by atoms with Gasteiger partial charge in [0, 0.05) is 42.0 Å². The quantitative estimate of drug-likeness (QED) is 0.200. The first-order valence-corrected chi connectivity index (χ1v) is 16.1. The number of fused-ring (bicyclic) bond motifs is 10. The molecule has 7 aromatic carbocycles. The van der Waals surface area contributed by atoms with E-state index in [4.69, 9.17) is 4.42 Å². The highest BCUT2D eigenvalue weighted by molar-refractivity contribution is 7.25. The summed E-state index contributed by atoms with van der Waals surface area (Å²) in [5, 5.41) is 7.34. The molecule has 3 heterocycles. The Balaban J connectivity index is 1.04. The number of hydrogen-bond donors (Lipinski definition) is 0. The Morgan fingerprint density at radius 1 is 0.422 bits per heavy atom. The molecule has 10 rings (SSSR count). The van der Waals surface area contributed by atoms with Crippen molar-refractivity contribution in [3.63, 3.8) is 0 Å². The number of para-hydroxylation sites is 2. The van der Waals surface area contributed by atoms with Crippen LogP contribution < -0.4 is 0 Å². The van der Waals surface area contributed by atoms with E-state index in [1.54, 1.807) is 0 Å². The van der Waals surface area contributed by atoms with Gasteiger partial charge in [-0.25, -0.2) is 0 Å². The molecular weight excluding hydrogens is 567 g/mol. The minimum absolute atomic E-state index is 0.924. The molecular formula is C42H25NOS. The average Bonchev–Trinajstić information content (AvgIpc) is 3.77. The SMILES string of the molecule is c1ccc2c(c1)oc1c2ccc2c1c1ccccc1n2-c1ccc(-c2ccc(-c3ccc4sc5ccccc5c4c3)cc2)cc1. The molecule has 0 N–H and O–H groups in total. The van der Waals surface area contributed by atoms with Crippen molar-refractivity contribution in [2.75, 3.05) is 0 Å². The third kappa shape index (κ3) is 3.68. The van der Waals surface area contributed by atoms with Crippen LogP contribution in [0.2, 0.25) is 0 Å². The Morgan fingerprint density at radius 3 is 1.87 bits per heavy atom. The van der Waals surface area contributed by atoms with Crippen molar-refractivity contribution in [3.8, 4) is 27.9 Å². The molecule has 0 aliphatic heterocycles. The van der Waals surface area contributed by atoms with Crippen LogP contribution in [0.4, 0.5) is 0 Å². The van der Waals surface area contributed by atoms with Gasteiger partial charge in [0.15, 0.2) is 0 Å². The molecule has 0 unspecified atom stereocenters. The summed E-state index contributed by atoms with van der Waals surface area (Å²) in [6, 6.07) is 54.8. The molecule has 0 amide bonds. The van der Waals surface area contributed by atoms with E-state index < -0.39 is 0 Å². The minimum Gasteiger partial charge on any atom is -0.455 e. The molecule has 3 heteroatoms. The van der Waals surface area contributed by atoms with Crippen LogP contribution in [0.15, 0.2) is 156 Å². The Hall–Kier alpha value is -5.64. The van der Waals surface area contributed by atoms with E-state index in [1.165, 1.54) is 53.3 Å². The van der Waals surface area contributed by atoms with Crippen molar-refractivity contribution in [1.82, 2.24) is 4.57 Å². The van der Waals surface area contributed by atoms with Crippen molar-refractivity contribution in [1.29, 1.82) is 0 Å². The van der Waals surface area contributed by atoms with Crippen LogP contribution in [0.3, 0.4) is 0 Å². The molecule has 0 aliphatic carbocycles. The molecule has 210 valence electrons. The molecule has 0 bridgehead atoms. The summed E-state index contributed by atoms with van der Waals surface area (Å²) in [5.74, 6) is 0. The molecule has 0 aliphatic rings. The number of nitrogens with zero attached hydrogens (tertiary/aromatic N) is 1. The van der Waals surface area contributed by atoms with E-state index in [1.807, 2.05) is 17.4 Å². The highest BCUT2D eigenvalue weighted by atomic mass is 32.1. The van der Waals surface area contributed by atoms with Crippen LogP contribution >= 0.6 is 11.3 Å². The normalized spacial score (nSPS) is 12.0. The fraction of sp³-hybridized carbons (Fsp3) is 0. The third-order valence-corrected chi connectivity index (χ3v) is 10.4. The van der Waals surface area contributed by atoms with Gasteiger partial charge in [0.2, 0.25) is 0 Å². The summed E-state index contributed by atoms with van der Waals surface area (Å²) < 4.78 is 11.5. The average molecular weight is 592 g/mol. The van der Waals surface area contributed by atoms with E-state index in [2.05, 4.69) is 150 Å². The molecule has 0 atom stereocenters. The summed E-state index contributed by atoms with van der Waals surface area (Å²) in [7, 11) is 0. The van der Waals surface area contributed by atoms with Crippen LogP contribution in [-0.4, -0.2) is 4.57 Å². The number of thiophene rings is 1. The summed E-state index contributed by atoms with van der Waals surface area (Å²) in [6.07, 6.45) is 0. The van der Waals surface area contributed by atoms with Gasteiger partial charge in [0.25, 0.3) is 0 Å². The smallest absolute Gasteiger partial charge is 0.145 e. The maximum atomic E-state index is 6.46. The largest absolute Gasteiger partial charge is 0.455 e. The van der Waals surface area contributed by atoms with E-state index in [0.29, 0.717) is 0 Å². The molecule has 0 fully saturated rings. The summed E-state index contributed by atoms with van der Waals surface area (Å²) in [6.45, 7) is 0. The van der Waals surface area contributed by atoms with Gasteiger partial charge in [-0.3, -0.25) is 0 Å². The van der Waals surface area contributed by atoms with Crippen LogP contribution in [-0.2, 0) is 0 Å². The van der Waals surface area contributed by atoms with Crippen LogP contribution in [0.5, 0.6) is 0 Å². The highest BCUT2D eigenvalue weighted by Crippen LogP contribution is 2.41. The van der Waals surface area contributed by atoms with Crippen molar-refractivity contribution < 1.29 is 4.42 Å². The molecule has 2 nitrogen and oxygen atoms in total. The molecule has 10 aromatic rings. The van der Waals surface area contributed by atoms with E-state index in [9.17, 15) is 0 Å². The Labute approximate surface area is 263 Å². The lowest BCUT2D eigenvalue weighted by molar-refractivity contribution is 0.673. The van der Waals surface area contributed by atoms with E-state index >= 15 is 0 Å². The molecule has 3 aromatic heterocycles. The lowest BCUT2D eigenvalue weighted by atomic mass is 9.99. The van der Waals surface area contributed by atoms with Crippen LogP contribution in [0.1, 0.15) is 0 Å². The Kier molecular flexibility index (Phi) is 5.19. The Morgan fingerprint density at radius 2 is 1.04 bits per heavy atom. The molecule has 0 saturated heterocycles. The fourth-order valence-electron chi connectivity index (χ4n) is 7.08. The summed E-state index contributed by atoms with van der Waals surface area (Å²) in [5.41, 5.74) is 10.2. The standard InChI is InChI=1S/C42H25NOS/c1-4-10-36-34(9-1)41-37(23-22-33-31-7-2-5-11-38(31)44-42(33)41)43(36)30-20-17-27(18-21-30)26-13-15-28(16-14-26)29-19-24-40-35(25-29)32-8-3-6-12-39(32)45-40/h1-25H. The van der Waals surface area contributed by atoms with E-state index in [-0.39, 0.29) is 0 Å². The number of aromatic nitrogens is 1. The van der Waals surface area contributed by atoms with Crippen molar-refractivity contribution >= 4 is 75.3 Å². The zero-order chi connectivity index (χ0) is 29.5. The molecule has 0 saturated carbocycles. The maximum absolute atomic E-state index is 6.46. The van der Waals surface area contributed by atoms with E-state index in [0.717, 1.165) is 38.5 Å². The van der Waals surface area contributed by atoms with Gasteiger partial charge in [-0.2, -0.15) is 0 Å². The summed E-state index contributed by atoms with van der Waals surface area (Å²) >= 11 is 1.86. The third-order valence-electron chi connectivity index (χ3n) is 9.23. The van der Waals surface area contributed by atoms with Gasteiger partial charge < -0.3 is 8.98 Å². The fourth-order valence-corrected chi connectivity index (χ4v) is 8.16. The van der Waals surface area contributed by atoms with Crippen LogP contribution in [0, 0.1) is 0 Å². The van der Waals surface area contributed by atoms with Crippen molar-refractivity contribution in [3.05, 3.63) is 152 Å². The zero-order valence-corrected chi connectivity index (χ0v) is 25.0. The van der Waals surface area contributed by atoms with Crippen molar-refractivity contribution in [2.24, 2.45) is 0 Å². The second-order valence-corrected chi connectivity index (χ2v) is 12.8. The molecule has 0 spiro atoms. The zero-order valence-electron chi connectivity index (χ0n) is 24.2. The summed E-state index contributed by atoms with van der Waals surface area (Å²) in [4.78, 5) is 0. The number of benzene rings is 7. The molecule has 45 heavy (non-hydrogen) atoms. The van der Waals surface area contributed by atoms with Gasteiger partial charge in [0.1, 0.15) is 11.2 Å². The van der Waals surface area contributed by atoms with Gasteiger partial charge >= 0.3 is 0 Å². The van der Waals surface area contributed by atoms with Gasteiger partial charge in [-0.15, -0.1) is 11.3 Å². The maximum Gasteiger partial charge on any atom is 0.145 e. The van der Waals surface area contributed by atoms with Gasteiger partial charge in [-0.05, 0) is 76.9 Å². The number of furan rings is 1. The topological polar surface area (TPSA) is 18.1 Å². The molecule has 0 radical (unpaired) electrons. The lowest BCUT2D eigenvalue weighted by Crippen LogP contribution is -1.93. The predicted octanol–water partition coefficient (Wildman–Crippen LogP) is 12.4. The van der Waals surface area contributed by atoms with Gasteiger partial charge in [0.05, 0.1) is 16.4 Å². The predicted molar refractivity (Wildman–Crippen MR) is 192 cm³/mol. The monoisotopic (exact) mass is 591 g/mol. The number of hydrogen-bond acceptors (Lipinski definition) is 2. The van der Waals surface area contributed by atoms with Crippen molar-refractivity contribution in [2.45, 2.75) is 0 Å². The second kappa shape index (κ2) is 9.43. The minimum atomic E-state index is 0.924. The second-order valence-electron chi connectivity index (χ2n) is 11.7.